The summed E-state index contributed by atoms with van der Waals surface area (Å²) in [5, 5.41) is 1.95. The van der Waals surface area contributed by atoms with Crippen LogP contribution in [-0.4, -0.2) is 24.4 Å². The number of hydrogen-bond acceptors (Lipinski definition) is 3. The maximum atomic E-state index is 12.0. The van der Waals surface area contributed by atoms with Gasteiger partial charge in [0, 0.05) is 10.6 Å². The van der Waals surface area contributed by atoms with E-state index in [0.29, 0.717) is 0 Å². The first-order valence-electron chi connectivity index (χ1n) is 4.91. The van der Waals surface area contributed by atoms with E-state index in [-0.39, 0.29) is 22.3 Å². The van der Waals surface area contributed by atoms with Crippen LogP contribution >= 0.6 is 11.8 Å². The van der Waals surface area contributed by atoms with Gasteiger partial charge in [0.1, 0.15) is 0 Å². The van der Waals surface area contributed by atoms with E-state index < -0.39 is 24.4 Å². The van der Waals surface area contributed by atoms with Gasteiger partial charge in [-0.2, -0.15) is 26.3 Å². The Morgan fingerprint density at radius 2 is 1.65 bits per heavy atom. The predicted octanol–water partition coefficient (Wildman–Crippen LogP) is 4.41. The molecule has 0 spiro atoms. The molecule has 0 heterocycles. The van der Waals surface area contributed by atoms with Gasteiger partial charge in [-0.3, -0.25) is 5.32 Å². The Hall–Kier alpha value is -1.58. The summed E-state index contributed by atoms with van der Waals surface area (Å²) in [5.41, 5.74) is -4.43. The van der Waals surface area contributed by atoms with Crippen molar-refractivity contribution in [3.05, 3.63) is 24.3 Å². The average Bonchev–Trinajstić information content (AvgIpc) is 2.26. The van der Waals surface area contributed by atoms with Crippen LogP contribution in [0.4, 0.5) is 36.8 Å². The van der Waals surface area contributed by atoms with Gasteiger partial charge in [0.25, 0.3) is 0 Å². The van der Waals surface area contributed by atoms with E-state index in [9.17, 15) is 31.1 Å². The topological polar surface area (TPSA) is 38.3 Å². The molecule has 0 aliphatic rings. The summed E-state index contributed by atoms with van der Waals surface area (Å²) in [5.74, 6) is 0. The number of hydrogen-bond donors (Lipinski definition) is 1. The largest absolute Gasteiger partial charge is 0.446 e. The zero-order valence-electron chi connectivity index (χ0n) is 9.51. The molecule has 1 aromatic carbocycles. The van der Waals surface area contributed by atoms with Crippen LogP contribution < -0.4 is 5.32 Å². The first kappa shape index (κ1) is 16.5. The number of carbonyl (C=O) groups excluding carboxylic acids is 1. The quantitative estimate of drug-likeness (QED) is 0.662. The van der Waals surface area contributed by atoms with Gasteiger partial charge in [-0.15, -0.1) is 0 Å². The molecular weight excluding hydrogens is 312 g/mol. The fourth-order valence-electron chi connectivity index (χ4n) is 1.04. The highest BCUT2D eigenvalue weighted by Gasteiger charge is 2.30. The lowest BCUT2D eigenvalue weighted by atomic mass is 10.3. The smallest absolute Gasteiger partial charge is 0.440 e. The lowest BCUT2D eigenvalue weighted by molar-refractivity contribution is -0.159. The molecule has 1 amide bonds. The molecule has 1 aromatic rings. The van der Waals surface area contributed by atoms with Crippen LogP contribution in [0.1, 0.15) is 0 Å². The number of carbonyl (C=O) groups is 1. The Morgan fingerprint density at radius 1 is 1.10 bits per heavy atom. The van der Waals surface area contributed by atoms with E-state index in [0.717, 1.165) is 24.3 Å². The summed E-state index contributed by atoms with van der Waals surface area (Å²) in [4.78, 5) is 10.8. The summed E-state index contributed by atoms with van der Waals surface area (Å²) >= 11 is -0.351. The van der Waals surface area contributed by atoms with Crippen LogP contribution in [0.3, 0.4) is 0 Å². The number of rotatable bonds is 3. The fourth-order valence-corrected chi connectivity index (χ4v) is 1.58. The second-order valence-corrected chi connectivity index (χ2v) is 4.53. The standard InChI is InChI=1S/C10H7F6NO2S/c11-9(12,13)5-19-8(18)17-6-1-3-7(4-2-6)20-10(14,15)16/h1-4H,5H2,(H,17,18). The van der Waals surface area contributed by atoms with Gasteiger partial charge in [0.15, 0.2) is 6.61 Å². The van der Waals surface area contributed by atoms with Crippen LogP contribution in [0.5, 0.6) is 0 Å². The number of nitrogens with one attached hydrogen (secondary N) is 1. The minimum Gasteiger partial charge on any atom is -0.440 e. The van der Waals surface area contributed by atoms with Crippen LogP contribution in [0.25, 0.3) is 0 Å². The van der Waals surface area contributed by atoms with E-state index in [2.05, 4.69) is 4.74 Å². The van der Waals surface area contributed by atoms with Gasteiger partial charge in [0.2, 0.25) is 0 Å². The molecular formula is C10H7F6NO2S. The van der Waals surface area contributed by atoms with Crippen molar-refractivity contribution in [1.29, 1.82) is 0 Å². The molecule has 0 aliphatic carbocycles. The highest BCUT2D eigenvalue weighted by Crippen LogP contribution is 2.37. The number of ether oxygens (including phenoxy) is 1. The van der Waals surface area contributed by atoms with Crippen molar-refractivity contribution < 1.29 is 35.9 Å². The maximum absolute atomic E-state index is 12.0. The van der Waals surface area contributed by atoms with Crippen molar-refractivity contribution in [2.45, 2.75) is 16.6 Å². The molecule has 3 nitrogen and oxygen atoms in total. The van der Waals surface area contributed by atoms with Crippen LogP contribution in [-0.2, 0) is 4.74 Å². The van der Waals surface area contributed by atoms with Gasteiger partial charge in [-0.25, -0.2) is 4.79 Å². The number of thioether (sulfide) groups is 1. The fraction of sp³-hybridized carbons (Fsp3) is 0.300. The monoisotopic (exact) mass is 319 g/mol. The molecule has 0 aliphatic heterocycles. The number of halogens is 6. The summed E-state index contributed by atoms with van der Waals surface area (Å²) in [6.45, 7) is -1.75. The van der Waals surface area contributed by atoms with E-state index >= 15 is 0 Å². The van der Waals surface area contributed by atoms with Crippen molar-refractivity contribution >= 4 is 23.5 Å². The first-order valence-corrected chi connectivity index (χ1v) is 5.73. The summed E-state index contributed by atoms with van der Waals surface area (Å²) in [6, 6.07) is 4.36. The normalized spacial score (nSPS) is 12.1. The second kappa shape index (κ2) is 6.25. The highest BCUT2D eigenvalue weighted by atomic mass is 32.2. The molecule has 0 fully saturated rings. The molecule has 0 bridgehead atoms. The van der Waals surface area contributed by atoms with Crippen molar-refractivity contribution in [2.24, 2.45) is 0 Å². The Kier molecular flexibility index (Phi) is 5.15. The number of alkyl halides is 6. The summed E-state index contributed by atoms with van der Waals surface area (Å²) in [6.07, 6.45) is -6.00. The molecule has 0 saturated heterocycles. The maximum Gasteiger partial charge on any atom is 0.446 e. The lowest BCUT2D eigenvalue weighted by Crippen LogP contribution is -2.23. The molecule has 1 N–H and O–H groups in total. The van der Waals surface area contributed by atoms with Crippen molar-refractivity contribution in [3.63, 3.8) is 0 Å². The van der Waals surface area contributed by atoms with Crippen LogP contribution in [0.15, 0.2) is 29.2 Å². The van der Waals surface area contributed by atoms with Gasteiger partial charge in [-0.05, 0) is 36.0 Å². The average molecular weight is 319 g/mol. The minimum absolute atomic E-state index is 0.0173. The van der Waals surface area contributed by atoms with Gasteiger partial charge in [0.05, 0.1) is 0 Å². The Labute approximate surface area is 113 Å². The Balaban J connectivity index is 2.51. The zero-order chi connectivity index (χ0) is 15.4. The summed E-state index contributed by atoms with van der Waals surface area (Å²) < 4.78 is 75.2. The third kappa shape index (κ3) is 7.12. The van der Waals surface area contributed by atoms with Gasteiger partial charge in [-0.1, -0.05) is 0 Å². The molecule has 0 aromatic heterocycles. The summed E-state index contributed by atoms with van der Waals surface area (Å²) in [7, 11) is 0. The molecule has 0 unspecified atom stereocenters. The molecule has 10 heteroatoms. The predicted molar refractivity (Wildman–Crippen MR) is 59.4 cm³/mol. The Bertz CT molecular complexity index is 456. The molecule has 1 rings (SSSR count). The van der Waals surface area contributed by atoms with E-state index in [1.165, 1.54) is 0 Å². The molecule has 0 radical (unpaired) electrons. The molecule has 0 saturated carbocycles. The first-order chi connectivity index (χ1) is 9.05. The minimum atomic E-state index is -4.65. The van der Waals surface area contributed by atoms with Crippen molar-refractivity contribution in [1.82, 2.24) is 0 Å². The van der Waals surface area contributed by atoms with Crippen molar-refractivity contribution in [2.75, 3.05) is 11.9 Å². The van der Waals surface area contributed by atoms with E-state index in [1.807, 2.05) is 5.32 Å². The van der Waals surface area contributed by atoms with E-state index in [4.69, 9.17) is 0 Å². The molecule has 0 atom stereocenters. The second-order valence-electron chi connectivity index (χ2n) is 3.39. The number of benzene rings is 1. The number of amides is 1. The van der Waals surface area contributed by atoms with Gasteiger partial charge < -0.3 is 4.74 Å². The zero-order valence-corrected chi connectivity index (χ0v) is 10.3. The van der Waals surface area contributed by atoms with Crippen LogP contribution in [0.2, 0.25) is 0 Å². The Morgan fingerprint density at radius 3 is 2.10 bits per heavy atom. The lowest BCUT2D eigenvalue weighted by Gasteiger charge is -2.10. The number of anilines is 1. The molecule has 20 heavy (non-hydrogen) atoms. The SMILES string of the molecule is O=C(Nc1ccc(SC(F)(F)F)cc1)OCC(F)(F)F. The third-order valence-corrected chi connectivity index (χ3v) is 2.44. The molecule has 112 valence electrons. The third-order valence-electron chi connectivity index (χ3n) is 1.70. The van der Waals surface area contributed by atoms with Crippen LogP contribution in [0, 0.1) is 0 Å². The van der Waals surface area contributed by atoms with Gasteiger partial charge >= 0.3 is 17.8 Å². The highest BCUT2D eigenvalue weighted by molar-refractivity contribution is 8.00. The van der Waals surface area contributed by atoms with E-state index in [1.54, 1.807) is 0 Å². The van der Waals surface area contributed by atoms with Crippen molar-refractivity contribution in [3.8, 4) is 0 Å².